The molecule has 1 aromatic rings. The summed E-state index contributed by atoms with van der Waals surface area (Å²) in [7, 11) is 4.12. The van der Waals surface area contributed by atoms with E-state index < -0.39 is 0 Å². The number of nitrogens with one attached hydrogen (secondary N) is 1. The number of hydrogen-bond donors (Lipinski definition) is 1. The molecule has 1 fully saturated rings. The van der Waals surface area contributed by atoms with E-state index in [1.165, 1.54) is 139 Å². The highest BCUT2D eigenvalue weighted by molar-refractivity contribution is 8.76. The minimum atomic E-state index is -0.383. The Morgan fingerprint density at radius 2 is 1.19 bits per heavy atom. The van der Waals surface area contributed by atoms with Crippen LogP contribution in [-0.4, -0.2) is 41.6 Å². The fraction of sp³-hybridized carbons (Fsp3) is 0.700. The lowest BCUT2D eigenvalue weighted by Gasteiger charge is -2.14. The number of benzene rings is 1. The molecule has 1 aromatic carbocycles. The molecular weight excluding hydrogens is 637 g/mol. The van der Waals surface area contributed by atoms with Crippen molar-refractivity contribution in [1.82, 2.24) is 5.32 Å². The fourth-order valence-corrected chi connectivity index (χ4v) is 9.01. The first-order chi connectivity index (χ1) is 23.5. The minimum absolute atomic E-state index is 0.178. The van der Waals surface area contributed by atoms with E-state index in [-0.39, 0.29) is 17.7 Å². The number of rotatable bonds is 29. The van der Waals surface area contributed by atoms with Crippen molar-refractivity contribution in [1.29, 1.82) is 0 Å². The van der Waals surface area contributed by atoms with Gasteiger partial charge in [-0.2, -0.15) is 0 Å². The Morgan fingerprint density at radius 1 is 0.667 bits per heavy atom. The van der Waals surface area contributed by atoms with Crippen molar-refractivity contribution in [2.75, 3.05) is 23.0 Å². The lowest BCUT2D eigenvalue weighted by molar-refractivity contribution is -0.120. The van der Waals surface area contributed by atoms with E-state index in [1.54, 1.807) is 24.3 Å². The number of amides is 3. The first-order valence-corrected chi connectivity index (χ1v) is 21.7. The third-order valence-corrected chi connectivity index (χ3v) is 12.3. The average Bonchev–Trinajstić information content (AvgIpc) is 3.74. The molecule has 1 aliphatic carbocycles. The van der Waals surface area contributed by atoms with Crippen LogP contribution < -0.4 is 10.2 Å². The van der Waals surface area contributed by atoms with Crippen LogP contribution in [0.2, 0.25) is 0 Å². The van der Waals surface area contributed by atoms with Gasteiger partial charge in [-0.05, 0) is 56.2 Å². The summed E-state index contributed by atoms with van der Waals surface area (Å²) in [5, 5.41) is 2.96. The molecule has 0 saturated heterocycles. The maximum absolute atomic E-state index is 12.5. The van der Waals surface area contributed by atoms with Gasteiger partial charge in [-0.25, -0.2) is 4.90 Å². The van der Waals surface area contributed by atoms with Crippen LogP contribution in [0.5, 0.6) is 0 Å². The molecule has 3 rings (SSSR count). The molecule has 0 aromatic heterocycles. The molecule has 8 heteroatoms. The number of hydrogen-bond acceptors (Lipinski definition) is 6. The van der Waals surface area contributed by atoms with Crippen molar-refractivity contribution < 1.29 is 19.2 Å². The summed E-state index contributed by atoms with van der Waals surface area (Å²) in [6.07, 6.45) is 32.3. The summed E-state index contributed by atoms with van der Waals surface area (Å²) >= 11 is 0. The molecule has 0 atom stereocenters. The maximum atomic E-state index is 12.5. The SMILES string of the molecule is O=C(CCCCCCCCCCSSCCCCCCCCCCCNC(=O)c1cccc(N2C(=O)C=CC2=O)c1)CCC1CCCC1. The Hall–Kier alpha value is -2.06. The molecule has 1 aliphatic heterocycles. The molecule has 0 radical (unpaired) electrons. The molecule has 6 nitrogen and oxygen atoms in total. The number of nitrogens with zero attached hydrogens (tertiary/aromatic N) is 1. The highest BCUT2D eigenvalue weighted by Gasteiger charge is 2.25. The van der Waals surface area contributed by atoms with Gasteiger partial charge in [-0.3, -0.25) is 19.2 Å². The fourth-order valence-electron chi connectivity index (χ4n) is 6.72. The Bertz CT molecular complexity index is 1100. The van der Waals surface area contributed by atoms with Crippen molar-refractivity contribution in [3.05, 3.63) is 42.0 Å². The molecule has 0 bridgehead atoms. The van der Waals surface area contributed by atoms with Gasteiger partial charge in [0.05, 0.1) is 5.69 Å². The quantitative estimate of drug-likeness (QED) is 0.0509. The molecule has 48 heavy (non-hydrogen) atoms. The Morgan fingerprint density at radius 3 is 1.77 bits per heavy atom. The summed E-state index contributed by atoms with van der Waals surface area (Å²) in [5.74, 6) is 2.97. The number of carbonyl (C=O) groups is 4. The van der Waals surface area contributed by atoms with Gasteiger partial charge in [0.15, 0.2) is 0 Å². The van der Waals surface area contributed by atoms with E-state index in [4.69, 9.17) is 0 Å². The predicted molar refractivity (Wildman–Crippen MR) is 205 cm³/mol. The van der Waals surface area contributed by atoms with Gasteiger partial charge in [0, 0.05) is 48.6 Å². The van der Waals surface area contributed by atoms with Crippen LogP contribution in [-0.2, 0) is 14.4 Å². The third-order valence-electron chi connectivity index (χ3n) is 9.69. The van der Waals surface area contributed by atoms with Crippen LogP contribution in [0.1, 0.15) is 164 Å². The van der Waals surface area contributed by atoms with Gasteiger partial charge in [0.1, 0.15) is 5.78 Å². The number of imide groups is 1. The van der Waals surface area contributed by atoms with Crippen LogP contribution in [0.4, 0.5) is 5.69 Å². The van der Waals surface area contributed by atoms with Crippen LogP contribution >= 0.6 is 21.6 Å². The van der Waals surface area contributed by atoms with E-state index in [0.29, 0.717) is 23.6 Å². The van der Waals surface area contributed by atoms with Crippen molar-refractivity contribution >= 4 is 50.8 Å². The van der Waals surface area contributed by atoms with Gasteiger partial charge < -0.3 is 5.32 Å². The van der Waals surface area contributed by atoms with Crippen molar-refractivity contribution in [2.45, 2.75) is 154 Å². The standard InChI is InChI=1S/C40H62N2O4S2/c43-37(27-26-34-21-15-16-22-34)25-14-10-6-2-5-9-13-19-32-48-47-31-18-12-8-4-1-3-7-11-17-30-41-40(46)35-23-20-24-36(33-35)42-38(44)28-29-39(42)45/h20,23-24,28-29,33-34H,1-19,21-22,25-27,30-32H2,(H,41,46). The van der Waals surface area contributed by atoms with E-state index in [0.717, 1.165) is 49.3 Å². The Kier molecular flexibility index (Phi) is 21.7. The molecule has 1 N–H and O–H groups in total. The Balaban J connectivity index is 0.986. The number of unbranched alkanes of at least 4 members (excludes halogenated alkanes) is 15. The summed E-state index contributed by atoms with van der Waals surface area (Å²) in [5.41, 5.74) is 0.876. The van der Waals surface area contributed by atoms with Gasteiger partial charge in [-0.1, -0.05) is 137 Å². The number of ketones is 1. The minimum Gasteiger partial charge on any atom is -0.352 e. The predicted octanol–water partition coefficient (Wildman–Crippen LogP) is 10.8. The Labute approximate surface area is 299 Å². The first-order valence-electron chi connectivity index (χ1n) is 19.2. The van der Waals surface area contributed by atoms with E-state index in [1.807, 2.05) is 0 Å². The smallest absolute Gasteiger partial charge is 0.258 e. The molecular formula is C40H62N2O4S2. The van der Waals surface area contributed by atoms with Crippen molar-refractivity contribution in [2.24, 2.45) is 5.92 Å². The van der Waals surface area contributed by atoms with Crippen molar-refractivity contribution in [3.63, 3.8) is 0 Å². The number of Topliss-reactive ketones (excluding diaryl/α,β-unsaturated/α-hetero) is 1. The number of anilines is 1. The zero-order chi connectivity index (χ0) is 34.1. The van der Waals surface area contributed by atoms with Gasteiger partial charge in [-0.15, -0.1) is 0 Å². The summed E-state index contributed by atoms with van der Waals surface area (Å²) in [4.78, 5) is 49.5. The monoisotopic (exact) mass is 698 g/mol. The molecule has 3 amide bonds. The largest absolute Gasteiger partial charge is 0.352 e. The molecule has 1 heterocycles. The highest BCUT2D eigenvalue weighted by atomic mass is 33.1. The van der Waals surface area contributed by atoms with Crippen LogP contribution in [0.3, 0.4) is 0 Å². The summed E-state index contributed by atoms with van der Waals surface area (Å²) in [6.45, 7) is 0.632. The van der Waals surface area contributed by atoms with E-state index in [2.05, 4.69) is 26.9 Å². The second-order valence-corrected chi connectivity index (χ2v) is 16.5. The van der Waals surface area contributed by atoms with E-state index in [9.17, 15) is 19.2 Å². The van der Waals surface area contributed by atoms with Gasteiger partial charge in [0.25, 0.3) is 17.7 Å². The maximum Gasteiger partial charge on any atom is 0.258 e. The normalized spacial score (nSPS) is 14.8. The number of carbonyl (C=O) groups excluding carboxylic acids is 4. The van der Waals surface area contributed by atoms with Crippen LogP contribution in [0.15, 0.2) is 36.4 Å². The van der Waals surface area contributed by atoms with E-state index >= 15 is 0 Å². The summed E-state index contributed by atoms with van der Waals surface area (Å²) < 4.78 is 0. The molecule has 0 unspecified atom stereocenters. The average molecular weight is 699 g/mol. The van der Waals surface area contributed by atoms with Gasteiger partial charge >= 0.3 is 0 Å². The zero-order valence-electron chi connectivity index (χ0n) is 29.5. The molecule has 268 valence electrons. The molecule has 0 spiro atoms. The third kappa shape index (κ3) is 17.6. The lowest BCUT2D eigenvalue weighted by Crippen LogP contribution is -2.30. The molecule has 2 aliphatic rings. The van der Waals surface area contributed by atoms with Crippen LogP contribution in [0, 0.1) is 5.92 Å². The topological polar surface area (TPSA) is 83.6 Å². The second kappa shape index (κ2) is 25.8. The highest BCUT2D eigenvalue weighted by Crippen LogP contribution is 2.29. The first kappa shape index (κ1) is 40.4. The summed E-state index contributed by atoms with van der Waals surface area (Å²) in [6, 6.07) is 6.65. The molecule has 1 saturated carbocycles. The van der Waals surface area contributed by atoms with Crippen LogP contribution in [0.25, 0.3) is 0 Å². The lowest BCUT2D eigenvalue weighted by atomic mass is 9.98. The van der Waals surface area contributed by atoms with Gasteiger partial charge in [0.2, 0.25) is 0 Å². The second-order valence-electron chi connectivity index (χ2n) is 13.8. The van der Waals surface area contributed by atoms with Crippen molar-refractivity contribution in [3.8, 4) is 0 Å². The zero-order valence-corrected chi connectivity index (χ0v) is 31.2.